The summed E-state index contributed by atoms with van der Waals surface area (Å²) in [5.74, 6) is -0.619. The van der Waals surface area contributed by atoms with Gasteiger partial charge in [-0.2, -0.15) is 0 Å². The fourth-order valence-corrected chi connectivity index (χ4v) is 2.79. The van der Waals surface area contributed by atoms with Crippen molar-refractivity contribution in [1.29, 1.82) is 0 Å². The second-order valence-electron chi connectivity index (χ2n) is 4.36. The molecule has 0 radical (unpaired) electrons. The number of carbonyl (C=O) groups excluding carboxylic acids is 1. The lowest BCUT2D eigenvalue weighted by molar-refractivity contribution is -0.148. The molecule has 2 rings (SSSR count). The van der Waals surface area contributed by atoms with Crippen molar-refractivity contribution in [2.45, 2.75) is 17.3 Å². The average Bonchev–Trinajstić information content (AvgIpc) is 2.68. The Morgan fingerprint density at radius 3 is 2.84 bits per heavy atom. The topological polar surface area (TPSA) is 66.8 Å². The largest absolute Gasteiger partial charge is 0.497 e. The van der Waals surface area contributed by atoms with E-state index in [0.717, 1.165) is 0 Å². The first kappa shape index (κ1) is 13.9. The van der Waals surface area contributed by atoms with Crippen LogP contribution in [-0.4, -0.2) is 40.4 Å². The smallest absolute Gasteiger partial charge is 0.331 e. The van der Waals surface area contributed by atoms with Gasteiger partial charge in [-0.15, -0.1) is 0 Å². The average molecular weight is 328 g/mol. The number of carboxylic acids is 1. The Bertz CT molecular complexity index is 505. The Hall–Kier alpha value is -1.56. The Kier molecular flexibility index (Phi) is 4.09. The van der Waals surface area contributed by atoms with Gasteiger partial charge in [0.1, 0.15) is 5.75 Å². The van der Waals surface area contributed by atoms with Gasteiger partial charge < -0.3 is 14.7 Å². The maximum absolute atomic E-state index is 11.9. The maximum Gasteiger partial charge on any atom is 0.331 e. The number of alkyl halides is 1. The van der Waals surface area contributed by atoms with E-state index in [0.29, 0.717) is 24.3 Å². The fourth-order valence-electron chi connectivity index (χ4n) is 2.20. The van der Waals surface area contributed by atoms with Crippen molar-refractivity contribution in [2.24, 2.45) is 0 Å². The number of carboxylic acid groups (broad SMARTS) is 1. The van der Waals surface area contributed by atoms with Gasteiger partial charge >= 0.3 is 5.97 Å². The van der Waals surface area contributed by atoms with Gasteiger partial charge in [0.2, 0.25) is 5.91 Å². The number of nitrogens with zero attached hydrogens (tertiary/aromatic N) is 1. The predicted octanol–water partition coefficient (Wildman–Crippen LogP) is 1.82. The summed E-state index contributed by atoms with van der Waals surface area (Å²) in [4.78, 5) is 24.7. The van der Waals surface area contributed by atoms with E-state index >= 15 is 0 Å². The molecule has 1 aromatic carbocycles. The first-order valence-electron chi connectivity index (χ1n) is 5.83. The Balaban J connectivity index is 2.34. The van der Waals surface area contributed by atoms with Crippen LogP contribution in [0.5, 0.6) is 5.75 Å². The van der Waals surface area contributed by atoms with E-state index in [4.69, 9.17) is 4.74 Å². The molecule has 19 heavy (non-hydrogen) atoms. The van der Waals surface area contributed by atoms with E-state index in [2.05, 4.69) is 15.9 Å². The summed E-state index contributed by atoms with van der Waals surface area (Å²) in [6, 6.07) is 5.83. The molecule has 1 N–H and O–H groups in total. The van der Waals surface area contributed by atoms with Crippen LogP contribution in [-0.2, 0) is 9.59 Å². The summed E-state index contributed by atoms with van der Waals surface area (Å²) >= 11 is 3.36. The minimum atomic E-state index is -1.04. The van der Waals surface area contributed by atoms with E-state index in [1.165, 1.54) is 12.0 Å². The van der Waals surface area contributed by atoms with Crippen molar-refractivity contribution >= 4 is 27.8 Å². The van der Waals surface area contributed by atoms with Crippen molar-refractivity contribution in [1.82, 2.24) is 4.90 Å². The lowest BCUT2D eigenvalue weighted by atomic mass is 10.1. The van der Waals surface area contributed by atoms with E-state index in [9.17, 15) is 14.7 Å². The molecule has 0 bridgehead atoms. The maximum atomic E-state index is 11.9. The van der Waals surface area contributed by atoms with Gasteiger partial charge in [-0.25, -0.2) is 4.79 Å². The van der Waals surface area contributed by atoms with Gasteiger partial charge in [0.25, 0.3) is 0 Å². The Morgan fingerprint density at radius 2 is 2.32 bits per heavy atom. The molecule has 0 spiro atoms. The number of methoxy groups -OCH3 is 1. The molecule has 2 atom stereocenters. The minimum absolute atomic E-state index is 0.00691. The van der Waals surface area contributed by atoms with Crippen LogP contribution in [0.4, 0.5) is 0 Å². The molecule has 1 fully saturated rings. The molecule has 6 heteroatoms. The summed E-state index contributed by atoms with van der Waals surface area (Å²) in [6.45, 7) is 0.396. The third-order valence-corrected chi connectivity index (χ3v) is 3.68. The van der Waals surface area contributed by atoms with Crippen molar-refractivity contribution < 1.29 is 19.4 Å². The summed E-state index contributed by atoms with van der Waals surface area (Å²) in [5.41, 5.74) is 0.543. The summed E-state index contributed by atoms with van der Waals surface area (Å²) in [7, 11) is 1.52. The van der Waals surface area contributed by atoms with Crippen LogP contribution in [0.15, 0.2) is 24.3 Å². The van der Waals surface area contributed by atoms with E-state index in [-0.39, 0.29) is 10.7 Å². The van der Waals surface area contributed by atoms with E-state index < -0.39 is 12.0 Å². The number of benzene rings is 1. The van der Waals surface area contributed by atoms with Gasteiger partial charge in [-0.1, -0.05) is 28.1 Å². The van der Waals surface area contributed by atoms with Crippen LogP contribution < -0.4 is 4.74 Å². The van der Waals surface area contributed by atoms with Gasteiger partial charge in [0.15, 0.2) is 6.04 Å². The second-order valence-corrected chi connectivity index (χ2v) is 5.66. The normalized spacial score (nSPS) is 20.4. The Morgan fingerprint density at radius 1 is 1.58 bits per heavy atom. The highest BCUT2D eigenvalue weighted by Crippen LogP contribution is 2.30. The van der Waals surface area contributed by atoms with Gasteiger partial charge in [0.05, 0.1) is 7.11 Å². The molecule has 1 aliphatic heterocycles. The molecule has 1 heterocycles. The lowest BCUT2D eigenvalue weighted by Crippen LogP contribution is -2.35. The molecule has 1 amide bonds. The third kappa shape index (κ3) is 2.89. The zero-order valence-corrected chi connectivity index (χ0v) is 12.0. The fraction of sp³-hybridized carbons (Fsp3) is 0.385. The molecular formula is C13H14BrNO4. The number of hydrogen-bond donors (Lipinski definition) is 1. The highest BCUT2D eigenvalue weighted by molar-refractivity contribution is 9.09. The predicted molar refractivity (Wildman–Crippen MR) is 72.4 cm³/mol. The molecule has 0 aliphatic carbocycles. The standard InChI is InChI=1S/C13H14BrNO4/c1-19-10-4-2-3-8(5-10)12(13(17)18)15-7-9(14)6-11(15)16/h2-5,9,12H,6-7H2,1H3,(H,17,18). The molecule has 1 aromatic rings. The molecule has 2 unspecified atom stereocenters. The number of likely N-dealkylation sites (tertiary alicyclic amines) is 1. The summed E-state index contributed by atoms with van der Waals surface area (Å²) in [6.07, 6.45) is 0.327. The number of rotatable bonds is 4. The third-order valence-electron chi connectivity index (χ3n) is 3.07. The summed E-state index contributed by atoms with van der Waals surface area (Å²) in [5, 5.41) is 9.40. The highest BCUT2D eigenvalue weighted by Gasteiger charge is 2.37. The molecule has 5 nitrogen and oxygen atoms in total. The number of carbonyl (C=O) groups is 2. The molecular weight excluding hydrogens is 314 g/mol. The van der Waals surface area contributed by atoms with Crippen molar-refractivity contribution in [3.05, 3.63) is 29.8 Å². The second kappa shape index (κ2) is 5.61. The SMILES string of the molecule is COc1cccc(C(C(=O)O)N2CC(Br)CC2=O)c1. The number of halogens is 1. The first-order chi connectivity index (χ1) is 9.02. The number of hydrogen-bond acceptors (Lipinski definition) is 3. The minimum Gasteiger partial charge on any atom is -0.497 e. The van der Waals surface area contributed by atoms with Crippen LogP contribution >= 0.6 is 15.9 Å². The summed E-state index contributed by atoms with van der Waals surface area (Å²) < 4.78 is 5.09. The van der Waals surface area contributed by atoms with E-state index in [1.807, 2.05) is 0 Å². The van der Waals surface area contributed by atoms with E-state index in [1.54, 1.807) is 24.3 Å². The van der Waals surface area contributed by atoms with Crippen LogP contribution in [0.3, 0.4) is 0 Å². The van der Waals surface area contributed by atoms with Crippen molar-refractivity contribution in [2.75, 3.05) is 13.7 Å². The number of ether oxygens (including phenoxy) is 1. The van der Waals surface area contributed by atoms with Crippen molar-refractivity contribution in [3.63, 3.8) is 0 Å². The van der Waals surface area contributed by atoms with Gasteiger partial charge in [-0.3, -0.25) is 4.79 Å². The molecule has 102 valence electrons. The first-order valence-corrected chi connectivity index (χ1v) is 6.74. The quantitative estimate of drug-likeness (QED) is 0.856. The van der Waals surface area contributed by atoms with Gasteiger partial charge in [0, 0.05) is 17.8 Å². The number of amides is 1. The highest BCUT2D eigenvalue weighted by atomic mass is 79.9. The van der Waals surface area contributed by atoms with Crippen LogP contribution in [0.2, 0.25) is 0 Å². The molecule has 0 aromatic heterocycles. The lowest BCUT2D eigenvalue weighted by Gasteiger charge is -2.24. The molecule has 1 aliphatic rings. The number of aliphatic carboxylic acids is 1. The Labute approximate surface area is 119 Å². The van der Waals surface area contributed by atoms with Crippen LogP contribution in [0.25, 0.3) is 0 Å². The molecule has 0 saturated carbocycles. The van der Waals surface area contributed by atoms with Gasteiger partial charge in [-0.05, 0) is 17.7 Å². The molecule has 1 saturated heterocycles. The zero-order valence-electron chi connectivity index (χ0n) is 10.4. The monoisotopic (exact) mass is 327 g/mol. The van der Waals surface area contributed by atoms with Crippen LogP contribution in [0, 0.1) is 0 Å². The zero-order chi connectivity index (χ0) is 14.0. The van der Waals surface area contributed by atoms with Crippen molar-refractivity contribution in [3.8, 4) is 5.75 Å². The van der Waals surface area contributed by atoms with Crippen LogP contribution in [0.1, 0.15) is 18.0 Å².